The molecule has 0 saturated carbocycles. The van der Waals surface area contributed by atoms with Crippen LogP contribution in [0.25, 0.3) is 0 Å². The van der Waals surface area contributed by atoms with E-state index in [1.165, 1.54) is 0 Å². The molecule has 4 nitrogen and oxygen atoms in total. The second-order valence-corrected chi connectivity index (χ2v) is 4.13. The van der Waals surface area contributed by atoms with Crippen molar-refractivity contribution in [3.63, 3.8) is 0 Å². The number of rotatable bonds is 2. The first-order valence-electron chi connectivity index (χ1n) is 4.53. The lowest BCUT2D eigenvalue weighted by molar-refractivity contribution is 0.0697. The van der Waals surface area contributed by atoms with Crippen molar-refractivity contribution in [1.29, 1.82) is 0 Å². The molecular formula is C10H10N2O2S. The first-order valence-corrected chi connectivity index (χ1v) is 5.52. The topological polar surface area (TPSA) is 61.7 Å². The van der Waals surface area contributed by atoms with E-state index >= 15 is 0 Å². The maximum atomic E-state index is 10.6. The van der Waals surface area contributed by atoms with Gasteiger partial charge < -0.3 is 10.4 Å². The fourth-order valence-electron chi connectivity index (χ4n) is 1.23. The van der Waals surface area contributed by atoms with E-state index < -0.39 is 5.97 Å². The number of nitrogens with one attached hydrogen (secondary N) is 1. The number of carbonyl (C=O) groups is 1. The van der Waals surface area contributed by atoms with Crippen molar-refractivity contribution in [2.75, 3.05) is 17.6 Å². The molecule has 0 bridgehead atoms. The van der Waals surface area contributed by atoms with Gasteiger partial charge in [0.05, 0.1) is 12.1 Å². The van der Waals surface area contributed by atoms with E-state index in [9.17, 15) is 4.79 Å². The van der Waals surface area contributed by atoms with E-state index in [-0.39, 0.29) is 0 Å². The highest BCUT2D eigenvalue weighted by Crippen LogP contribution is 2.16. The standard InChI is InChI=1S/C10H10N2O2S/c13-9(14)7-1-3-8(4-2-7)12-10-11-5-6-15-10/h1-4H,5-6H2,(H,11,12)(H,13,14). The highest BCUT2D eigenvalue weighted by molar-refractivity contribution is 8.14. The minimum Gasteiger partial charge on any atom is -0.478 e. The number of carboxylic acid groups (broad SMARTS) is 1. The molecule has 1 heterocycles. The van der Waals surface area contributed by atoms with Crippen molar-refractivity contribution >= 4 is 28.6 Å². The summed E-state index contributed by atoms with van der Waals surface area (Å²) in [6.45, 7) is 0.847. The van der Waals surface area contributed by atoms with Crippen molar-refractivity contribution < 1.29 is 9.90 Å². The zero-order valence-corrected chi connectivity index (χ0v) is 8.75. The molecule has 0 spiro atoms. The Balaban J connectivity index is 2.06. The summed E-state index contributed by atoms with van der Waals surface area (Å²) in [6, 6.07) is 6.63. The van der Waals surface area contributed by atoms with Crippen LogP contribution in [-0.4, -0.2) is 28.5 Å². The van der Waals surface area contributed by atoms with Gasteiger partial charge in [-0.25, -0.2) is 4.79 Å². The Morgan fingerprint density at radius 1 is 1.40 bits per heavy atom. The van der Waals surface area contributed by atoms with Crippen LogP contribution in [0.4, 0.5) is 5.69 Å². The molecule has 1 aromatic rings. The van der Waals surface area contributed by atoms with Gasteiger partial charge in [0, 0.05) is 11.4 Å². The average Bonchev–Trinajstić information content (AvgIpc) is 2.71. The van der Waals surface area contributed by atoms with E-state index in [4.69, 9.17) is 5.11 Å². The molecular weight excluding hydrogens is 212 g/mol. The first kappa shape index (κ1) is 10.0. The van der Waals surface area contributed by atoms with Crippen LogP contribution in [0.1, 0.15) is 10.4 Å². The molecule has 0 radical (unpaired) electrons. The van der Waals surface area contributed by atoms with Crippen molar-refractivity contribution in [2.45, 2.75) is 0 Å². The summed E-state index contributed by atoms with van der Waals surface area (Å²) in [5.74, 6) is 0.101. The second-order valence-electron chi connectivity index (χ2n) is 3.04. The molecule has 2 rings (SSSR count). The van der Waals surface area contributed by atoms with Gasteiger partial charge in [-0.1, -0.05) is 11.8 Å². The van der Waals surface area contributed by atoms with Gasteiger partial charge in [0.15, 0.2) is 5.17 Å². The third kappa shape index (κ3) is 2.50. The largest absolute Gasteiger partial charge is 0.478 e. The maximum Gasteiger partial charge on any atom is 0.335 e. The van der Waals surface area contributed by atoms with Gasteiger partial charge in [0.2, 0.25) is 0 Å². The number of thioether (sulfide) groups is 1. The average molecular weight is 222 g/mol. The van der Waals surface area contributed by atoms with Gasteiger partial charge in [0.25, 0.3) is 0 Å². The molecule has 0 amide bonds. The minimum absolute atomic E-state index is 0.293. The number of aromatic carboxylic acids is 1. The molecule has 1 aliphatic rings. The molecule has 78 valence electrons. The zero-order chi connectivity index (χ0) is 10.7. The van der Waals surface area contributed by atoms with Crippen molar-refractivity contribution in [3.05, 3.63) is 29.8 Å². The van der Waals surface area contributed by atoms with Gasteiger partial charge in [-0.3, -0.25) is 4.99 Å². The first-order chi connectivity index (χ1) is 7.25. The summed E-state index contributed by atoms with van der Waals surface area (Å²) in [7, 11) is 0. The summed E-state index contributed by atoms with van der Waals surface area (Å²) >= 11 is 1.67. The second kappa shape index (κ2) is 4.35. The summed E-state index contributed by atoms with van der Waals surface area (Å²) in [6.07, 6.45) is 0. The Morgan fingerprint density at radius 2 is 2.13 bits per heavy atom. The number of nitrogens with zero attached hydrogens (tertiary/aromatic N) is 1. The molecule has 1 aliphatic heterocycles. The van der Waals surface area contributed by atoms with Crippen molar-refractivity contribution in [1.82, 2.24) is 0 Å². The van der Waals surface area contributed by atoms with Gasteiger partial charge >= 0.3 is 5.97 Å². The lowest BCUT2D eigenvalue weighted by atomic mass is 10.2. The van der Waals surface area contributed by atoms with E-state index in [2.05, 4.69) is 10.3 Å². The van der Waals surface area contributed by atoms with Crippen LogP contribution in [0, 0.1) is 0 Å². The highest BCUT2D eigenvalue weighted by Gasteiger charge is 2.07. The van der Waals surface area contributed by atoms with Gasteiger partial charge in [-0.05, 0) is 24.3 Å². The minimum atomic E-state index is -0.908. The highest BCUT2D eigenvalue weighted by atomic mass is 32.2. The molecule has 5 heteroatoms. The number of benzene rings is 1. The molecule has 0 saturated heterocycles. The van der Waals surface area contributed by atoms with E-state index in [0.717, 1.165) is 23.2 Å². The normalized spacial score (nSPS) is 14.8. The van der Waals surface area contributed by atoms with Crippen LogP contribution >= 0.6 is 11.8 Å². The predicted octanol–water partition coefficient (Wildman–Crippen LogP) is 1.90. The van der Waals surface area contributed by atoms with Crippen LogP contribution < -0.4 is 5.32 Å². The van der Waals surface area contributed by atoms with E-state index in [1.54, 1.807) is 36.0 Å². The summed E-state index contributed by atoms with van der Waals surface area (Å²) in [5, 5.41) is 12.7. The molecule has 1 aromatic carbocycles. The van der Waals surface area contributed by atoms with Gasteiger partial charge in [-0.15, -0.1) is 0 Å². The summed E-state index contributed by atoms with van der Waals surface area (Å²) in [4.78, 5) is 14.8. The van der Waals surface area contributed by atoms with Crippen LogP contribution in [0.5, 0.6) is 0 Å². The van der Waals surface area contributed by atoms with Crippen molar-refractivity contribution in [3.8, 4) is 0 Å². The van der Waals surface area contributed by atoms with Crippen LogP contribution in [0.15, 0.2) is 29.3 Å². The predicted molar refractivity (Wildman–Crippen MR) is 61.8 cm³/mol. The maximum absolute atomic E-state index is 10.6. The number of anilines is 1. The summed E-state index contributed by atoms with van der Waals surface area (Å²) in [5.41, 5.74) is 1.16. The fourth-order valence-corrected chi connectivity index (χ4v) is 1.98. The molecule has 0 unspecified atom stereocenters. The quantitative estimate of drug-likeness (QED) is 0.802. The van der Waals surface area contributed by atoms with Gasteiger partial charge in [-0.2, -0.15) is 0 Å². The Hall–Kier alpha value is -1.49. The monoisotopic (exact) mass is 222 g/mol. The molecule has 2 N–H and O–H groups in total. The van der Waals surface area contributed by atoms with Gasteiger partial charge in [0.1, 0.15) is 0 Å². The molecule has 0 aliphatic carbocycles. The summed E-state index contributed by atoms with van der Waals surface area (Å²) < 4.78 is 0. The smallest absolute Gasteiger partial charge is 0.335 e. The zero-order valence-electron chi connectivity index (χ0n) is 7.93. The fraction of sp³-hybridized carbons (Fsp3) is 0.200. The number of carboxylic acids is 1. The SMILES string of the molecule is O=C(O)c1ccc(NC2=NCCS2)cc1. The van der Waals surface area contributed by atoms with Crippen LogP contribution in [0.2, 0.25) is 0 Å². The Morgan fingerprint density at radius 3 is 2.67 bits per heavy atom. The number of hydrogen-bond donors (Lipinski definition) is 2. The van der Waals surface area contributed by atoms with Crippen molar-refractivity contribution in [2.24, 2.45) is 4.99 Å². The number of aliphatic imine (C=N–C) groups is 1. The molecule has 0 atom stereocenters. The Labute approximate surface area is 91.4 Å². The third-order valence-electron chi connectivity index (χ3n) is 1.97. The lowest BCUT2D eigenvalue weighted by Crippen LogP contribution is -2.05. The van der Waals surface area contributed by atoms with Crippen LogP contribution in [0.3, 0.4) is 0 Å². The Bertz CT molecular complexity index is 400. The van der Waals surface area contributed by atoms with Crippen LogP contribution in [-0.2, 0) is 0 Å². The third-order valence-corrected chi connectivity index (χ3v) is 2.86. The molecule has 15 heavy (non-hydrogen) atoms. The molecule has 0 fully saturated rings. The Kier molecular flexibility index (Phi) is 2.91. The number of amidine groups is 1. The lowest BCUT2D eigenvalue weighted by Gasteiger charge is -2.04. The van der Waals surface area contributed by atoms with E-state index in [0.29, 0.717) is 5.56 Å². The number of hydrogen-bond acceptors (Lipinski definition) is 4. The molecule has 0 aromatic heterocycles. The van der Waals surface area contributed by atoms with E-state index in [1.807, 2.05) is 0 Å².